The molecule has 0 aliphatic heterocycles. The lowest BCUT2D eigenvalue weighted by atomic mass is 10.1. The van der Waals surface area contributed by atoms with Gasteiger partial charge in [-0.05, 0) is 32.0 Å². The number of nitrogens with zero attached hydrogens (tertiary/aromatic N) is 1. The topological polar surface area (TPSA) is 51.5 Å². The van der Waals surface area contributed by atoms with E-state index in [1.807, 2.05) is 11.5 Å². The van der Waals surface area contributed by atoms with E-state index >= 15 is 0 Å². The maximum atomic E-state index is 13.4. The van der Waals surface area contributed by atoms with E-state index in [1.165, 1.54) is 18.2 Å². The molecular formula is C14H16FNO3. The minimum Gasteiger partial charge on any atom is -0.478 e. The molecule has 4 nitrogen and oxygen atoms in total. The van der Waals surface area contributed by atoms with Crippen molar-refractivity contribution in [3.63, 3.8) is 0 Å². The van der Waals surface area contributed by atoms with E-state index in [0.717, 1.165) is 0 Å². The summed E-state index contributed by atoms with van der Waals surface area (Å²) in [6, 6.07) is 4.08. The first-order valence-corrected chi connectivity index (χ1v) is 5.99. The zero-order valence-corrected chi connectivity index (χ0v) is 11.1. The smallest absolute Gasteiger partial charge is 0.338 e. The average molecular weight is 265 g/mol. The first-order valence-electron chi connectivity index (χ1n) is 5.99. The second-order valence-corrected chi connectivity index (χ2v) is 4.60. The van der Waals surface area contributed by atoms with Crippen LogP contribution in [0, 0.1) is 12.7 Å². The van der Waals surface area contributed by atoms with Gasteiger partial charge >= 0.3 is 5.97 Å². The van der Waals surface area contributed by atoms with Crippen LogP contribution in [0.1, 0.15) is 29.0 Å². The van der Waals surface area contributed by atoms with Crippen LogP contribution in [-0.4, -0.2) is 29.4 Å². The molecule has 0 fully saturated rings. The fourth-order valence-electron chi connectivity index (χ4n) is 2.57. The third-order valence-electron chi connectivity index (χ3n) is 3.27. The van der Waals surface area contributed by atoms with E-state index in [0.29, 0.717) is 23.2 Å². The molecule has 1 N–H and O–H groups in total. The largest absolute Gasteiger partial charge is 0.478 e. The number of carboxylic acids is 1. The molecule has 0 saturated carbocycles. The molecule has 19 heavy (non-hydrogen) atoms. The van der Waals surface area contributed by atoms with Crippen molar-refractivity contribution in [1.29, 1.82) is 0 Å². The van der Waals surface area contributed by atoms with Crippen molar-refractivity contribution < 1.29 is 19.0 Å². The Hall–Kier alpha value is -1.88. The molecule has 1 atom stereocenters. The van der Waals surface area contributed by atoms with Crippen molar-refractivity contribution in [1.82, 2.24) is 4.57 Å². The van der Waals surface area contributed by atoms with Gasteiger partial charge in [-0.15, -0.1) is 0 Å². The van der Waals surface area contributed by atoms with E-state index in [-0.39, 0.29) is 17.4 Å². The van der Waals surface area contributed by atoms with Gasteiger partial charge in [-0.25, -0.2) is 9.18 Å². The molecule has 0 spiro atoms. The number of aromatic nitrogens is 1. The van der Waals surface area contributed by atoms with Crippen LogP contribution < -0.4 is 0 Å². The van der Waals surface area contributed by atoms with Gasteiger partial charge in [-0.3, -0.25) is 0 Å². The number of aromatic carboxylic acids is 1. The van der Waals surface area contributed by atoms with Crippen LogP contribution >= 0.6 is 0 Å². The molecule has 0 aliphatic carbocycles. The van der Waals surface area contributed by atoms with Crippen molar-refractivity contribution in [2.24, 2.45) is 0 Å². The summed E-state index contributed by atoms with van der Waals surface area (Å²) < 4.78 is 20.3. The monoisotopic (exact) mass is 265 g/mol. The number of rotatable bonds is 4. The second-order valence-electron chi connectivity index (χ2n) is 4.60. The van der Waals surface area contributed by atoms with Crippen LogP contribution in [0.4, 0.5) is 4.39 Å². The van der Waals surface area contributed by atoms with Crippen LogP contribution in [-0.2, 0) is 4.74 Å². The number of ether oxygens (including phenoxy) is 1. The van der Waals surface area contributed by atoms with E-state index in [9.17, 15) is 14.3 Å². The normalized spacial score (nSPS) is 12.8. The van der Waals surface area contributed by atoms with Gasteiger partial charge in [-0.1, -0.05) is 0 Å². The summed E-state index contributed by atoms with van der Waals surface area (Å²) in [4.78, 5) is 11.4. The van der Waals surface area contributed by atoms with E-state index in [2.05, 4.69) is 0 Å². The van der Waals surface area contributed by atoms with Crippen molar-refractivity contribution in [2.45, 2.75) is 19.9 Å². The van der Waals surface area contributed by atoms with Crippen molar-refractivity contribution in [3.8, 4) is 0 Å². The van der Waals surface area contributed by atoms with Crippen molar-refractivity contribution in [3.05, 3.63) is 35.3 Å². The number of carbonyl (C=O) groups is 1. The average Bonchev–Trinajstić information content (AvgIpc) is 2.60. The predicted molar refractivity (Wildman–Crippen MR) is 70.2 cm³/mol. The Morgan fingerprint density at radius 2 is 2.21 bits per heavy atom. The summed E-state index contributed by atoms with van der Waals surface area (Å²) >= 11 is 0. The summed E-state index contributed by atoms with van der Waals surface area (Å²) in [5.74, 6) is -1.38. The number of fused-ring (bicyclic) bond motifs is 1. The molecule has 0 amide bonds. The minimum absolute atomic E-state index is 0.0672. The van der Waals surface area contributed by atoms with Gasteiger partial charge in [0.15, 0.2) is 0 Å². The van der Waals surface area contributed by atoms with Gasteiger partial charge < -0.3 is 14.4 Å². The van der Waals surface area contributed by atoms with Gasteiger partial charge in [0.05, 0.1) is 23.7 Å². The van der Waals surface area contributed by atoms with E-state index in [1.54, 1.807) is 14.0 Å². The number of benzene rings is 1. The van der Waals surface area contributed by atoms with Gasteiger partial charge in [-0.2, -0.15) is 0 Å². The minimum atomic E-state index is -1.00. The Morgan fingerprint density at radius 3 is 2.79 bits per heavy atom. The Kier molecular flexibility index (Phi) is 3.57. The molecule has 1 heterocycles. The quantitative estimate of drug-likeness (QED) is 0.924. The van der Waals surface area contributed by atoms with E-state index in [4.69, 9.17) is 4.74 Å². The third-order valence-corrected chi connectivity index (χ3v) is 3.27. The molecule has 102 valence electrons. The third kappa shape index (κ3) is 2.21. The molecule has 0 bridgehead atoms. The lowest BCUT2D eigenvalue weighted by molar-refractivity contribution is 0.0697. The van der Waals surface area contributed by atoms with Gasteiger partial charge in [0.2, 0.25) is 0 Å². The molecule has 1 aromatic carbocycles. The Balaban J connectivity index is 2.77. The number of methoxy groups -OCH3 is 1. The number of hydrogen-bond acceptors (Lipinski definition) is 2. The highest BCUT2D eigenvalue weighted by atomic mass is 19.1. The van der Waals surface area contributed by atoms with Gasteiger partial charge in [0.1, 0.15) is 5.82 Å². The first kappa shape index (κ1) is 13.5. The zero-order chi connectivity index (χ0) is 14.2. The van der Waals surface area contributed by atoms with Crippen molar-refractivity contribution in [2.75, 3.05) is 13.7 Å². The lowest BCUT2D eigenvalue weighted by Crippen LogP contribution is -2.13. The number of carboxylic acid groups (broad SMARTS) is 1. The maximum absolute atomic E-state index is 13.4. The van der Waals surface area contributed by atoms with Crippen LogP contribution in [0.15, 0.2) is 18.2 Å². The van der Waals surface area contributed by atoms with E-state index < -0.39 is 5.97 Å². The molecular weight excluding hydrogens is 249 g/mol. The summed E-state index contributed by atoms with van der Waals surface area (Å²) in [5, 5.41) is 9.87. The molecule has 1 aromatic heterocycles. The molecule has 0 saturated heterocycles. The van der Waals surface area contributed by atoms with Crippen LogP contribution in [0.25, 0.3) is 10.9 Å². The molecule has 0 radical (unpaired) electrons. The molecule has 0 aliphatic rings. The Labute approximate surface area is 110 Å². The van der Waals surface area contributed by atoms with Gasteiger partial charge in [0, 0.05) is 18.2 Å². The second kappa shape index (κ2) is 5.01. The highest BCUT2D eigenvalue weighted by Crippen LogP contribution is 2.29. The van der Waals surface area contributed by atoms with Crippen LogP contribution in [0.2, 0.25) is 0 Å². The maximum Gasteiger partial charge on any atom is 0.338 e. The summed E-state index contributed by atoms with van der Waals surface area (Å²) in [5.41, 5.74) is 1.41. The Morgan fingerprint density at radius 1 is 1.53 bits per heavy atom. The first-order chi connectivity index (χ1) is 8.97. The highest BCUT2D eigenvalue weighted by molar-refractivity contribution is 6.05. The summed E-state index contributed by atoms with van der Waals surface area (Å²) in [6.45, 7) is 4.07. The fraction of sp³-hybridized carbons (Fsp3) is 0.357. The summed E-state index contributed by atoms with van der Waals surface area (Å²) in [6.07, 6.45) is 0. The van der Waals surface area contributed by atoms with Crippen molar-refractivity contribution >= 4 is 16.9 Å². The van der Waals surface area contributed by atoms with Gasteiger partial charge in [0.25, 0.3) is 0 Å². The molecule has 2 aromatic rings. The highest BCUT2D eigenvalue weighted by Gasteiger charge is 2.22. The molecule has 1 unspecified atom stereocenters. The number of hydrogen-bond donors (Lipinski definition) is 1. The lowest BCUT2D eigenvalue weighted by Gasteiger charge is -2.16. The predicted octanol–water partition coefficient (Wildman–Crippen LogP) is 2.99. The van der Waals surface area contributed by atoms with Crippen LogP contribution in [0.5, 0.6) is 0 Å². The fourth-order valence-corrected chi connectivity index (χ4v) is 2.57. The Bertz CT molecular complexity index is 633. The number of halogens is 1. The summed E-state index contributed by atoms with van der Waals surface area (Å²) in [7, 11) is 1.58. The standard InChI is InChI=1S/C14H16FNO3/c1-8(7-19-3)16-9(2)13(14(17)18)11-5-4-10(15)6-12(11)16/h4-6,8H,7H2,1-3H3,(H,17,18). The van der Waals surface area contributed by atoms with Crippen LogP contribution in [0.3, 0.4) is 0 Å². The SMILES string of the molecule is COCC(C)n1c(C)c(C(=O)O)c2ccc(F)cc21. The molecule has 5 heteroatoms. The molecule has 2 rings (SSSR count). The zero-order valence-electron chi connectivity index (χ0n) is 11.1.